The highest BCUT2D eigenvalue weighted by atomic mass is 15.0. The fraction of sp³-hybridized carbons (Fsp3) is 0.600. The molecule has 1 aliphatic heterocycles. The van der Waals surface area contributed by atoms with Gasteiger partial charge in [0.25, 0.3) is 0 Å². The fourth-order valence-corrected chi connectivity index (χ4v) is 3.03. The lowest BCUT2D eigenvalue weighted by Crippen LogP contribution is -2.43. The number of fused-ring (bicyclic) bond motifs is 1. The van der Waals surface area contributed by atoms with Crippen LogP contribution in [0, 0.1) is 0 Å². The van der Waals surface area contributed by atoms with Crippen molar-refractivity contribution in [3.05, 3.63) is 35.4 Å². The molecule has 0 radical (unpaired) electrons. The lowest BCUT2D eigenvalue weighted by Gasteiger charge is -2.35. The molecule has 1 heteroatoms. The molecule has 1 aromatic carbocycles. The molecule has 0 saturated heterocycles. The summed E-state index contributed by atoms with van der Waals surface area (Å²) in [5.74, 6) is 0. The van der Waals surface area contributed by atoms with Crippen LogP contribution in [0.4, 0.5) is 0 Å². The van der Waals surface area contributed by atoms with Crippen molar-refractivity contribution in [2.75, 3.05) is 0 Å². The van der Waals surface area contributed by atoms with Gasteiger partial charge in [-0.25, -0.2) is 0 Å². The molecule has 0 aliphatic carbocycles. The molecule has 0 aromatic heterocycles. The number of benzene rings is 1. The van der Waals surface area contributed by atoms with Crippen LogP contribution in [0.3, 0.4) is 0 Å². The Morgan fingerprint density at radius 1 is 1.19 bits per heavy atom. The summed E-state index contributed by atoms with van der Waals surface area (Å²) in [5, 5.41) is 3.72. The Morgan fingerprint density at radius 2 is 1.88 bits per heavy atom. The standard InChI is InChI=1S/C15H23N/c1-5-15(4)11-14(2,3)13-9-7-6-8-12(13)10-16-15/h6-9,16H,5,10-11H2,1-4H3. The van der Waals surface area contributed by atoms with E-state index in [0.717, 1.165) is 6.54 Å². The molecule has 88 valence electrons. The van der Waals surface area contributed by atoms with E-state index < -0.39 is 0 Å². The van der Waals surface area contributed by atoms with E-state index in [1.165, 1.54) is 24.0 Å². The summed E-state index contributed by atoms with van der Waals surface area (Å²) in [7, 11) is 0. The van der Waals surface area contributed by atoms with Crippen LogP contribution in [0.1, 0.15) is 51.7 Å². The Labute approximate surface area is 99.3 Å². The molecule has 1 aromatic rings. The molecule has 0 bridgehead atoms. The van der Waals surface area contributed by atoms with Crippen LogP contribution >= 0.6 is 0 Å². The highest BCUT2D eigenvalue weighted by Gasteiger charge is 2.35. The Kier molecular flexibility index (Phi) is 2.83. The first-order valence-corrected chi connectivity index (χ1v) is 6.30. The topological polar surface area (TPSA) is 12.0 Å². The number of hydrogen-bond acceptors (Lipinski definition) is 1. The summed E-state index contributed by atoms with van der Waals surface area (Å²) in [4.78, 5) is 0. The molecule has 16 heavy (non-hydrogen) atoms. The predicted molar refractivity (Wildman–Crippen MR) is 69.6 cm³/mol. The van der Waals surface area contributed by atoms with Crippen molar-refractivity contribution in [3.63, 3.8) is 0 Å². The van der Waals surface area contributed by atoms with Gasteiger partial charge >= 0.3 is 0 Å². The molecule has 1 atom stereocenters. The van der Waals surface area contributed by atoms with Crippen LogP contribution in [0.2, 0.25) is 0 Å². The molecule has 0 fully saturated rings. The van der Waals surface area contributed by atoms with Crippen LogP contribution in [0.15, 0.2) is 24.3 Å². The number of nitrogens with one attached hydrogen (secondary N) is 1. The molecule has 0 amide bonds. The molecule has 1 N–H and O–H groups in total. The van der Waals surface area contributed by atoms with E-state index in [4.69, 9.17) is 0 Å². The van der Waals surface area contributed by atoms with Gasteiger partial charge in [0.2, 0.25) is 0 Å². The second-order valence-corrected chi connectivity index (χ2v) is 5.99. The summed E-state index contributed by atoms with van der Waals surface area (Å²) in [6.07, 6.45) is 2.39. The fourth-order valence-electron chi connectivity index (χ4n) is 3.03. The smallest absolute Gasteiger partial charge is 0.0213 e. The second-order valence-electron chi connectivity index (χ2n) is 5.99. The first kappa shape index (κ1) is 11.7. The molecule has 0 saturated carbocycles. The van der Waals surface area contributed by atoms with Gasteiger partial charge in [0.05, 0.1) is 0 Å². The third-order valence-electron chi connectivity index (χ3n) is 4.06. The Balaban J connectivity index is 2.43. The molecule has 2 rings (SSSR count). The van der Waals surface area contributed by atoms with Gasteiger partial charge in [0, 0.05) is 12.1 Å². The van der Waals surface area contributed by atoms with Crippen molar-refractivity contribution in [1.82, 2.24) is 5.32 Å². The van der Waals surface area contributed by atoms with Gasteiger partial charge in [-0.2, -0.15) is 0 Å². The van der Waals surface area contributed by atoms with E-state index in [2.05, 4.69) is 57.3 Å². The predicted octanol–water partition coefficient (Wildman–Crippen LogP) is 3.63. The minimum absolute atomic E-state index is 0.266. The third-order valence-corrected chi connectivity index (χ3v) is 4.06. The first-order valence-electron chi connectivity index (χ1n) is 6.30. The maximum atomic E-state index is 3.72. The summed E-state index contributed by atoms with van der Waals surface area (Å²) < 4.78 is 0. The first-order chi connectivity index (χ1) is 7.47. The van der Waals surface area contributed by atoms with E-state index in [9.17, 15) is 0 Å². The zero-order valence-corrected chi connectivity index (χ0v) is 10.9. The zero-order chi connectivity index (χ0) is 11.8. The SMILES string of the molecule is CCC1(C)CC(C)(C)c2ccccc2CN1. The lowest BCUT2D eigenvalue weighted by atomic mass is 9.74. The summed E-state index contributed by atoms with van der Waals surface area (Å²) >= 11 is 0. The van der Waals surface area contributed by atoms with Crippen molar-refractivity contribution < 1.29 is 0 Å². The lowest BCUT2D eigenvalue weighted by molar-refractivity contribution is 0.269. The molecular formula is C15H23N. The van der Waals surface area contributed by atoms with Gasteiger partial charge in [0.15, 0.2) is 0 Å². The van der Waals surface area contributed by atoms with Gasteiger partial charge in [-0.1, -0.05) is 45.0 Å². The highest BCUT2D eigenvalue weighted by Crippen LogP contribution is 2.38. The minimum atomic E-state index is 0.266. The van der Waals surface area contributed by atoms with E-state index in [-0.39, 0.29) is 11.0 Å². The molecule has 1 aliphatic rings. The van der Waals surface area contributed by atoms with Crippen LogP contribution < -0.4 is 5.32 Å². The van der Waals surface area contributed by atoms with Crippen LogP contribution in [0.5, 0.6) is 0 Å². The highest BCUT2D eigenvalue weighted by molar-refractivity contribution is 5.35. The number of hydrogen-bond donors (Lipinski definition) is 1. The normalized spacial score (nSPS) is 28.2. The van der Waals surface area contributed by atoms with Crippen molar-refractivity contribution in [3.8, 4) is 0 Å². The van der Waals surface area contributed by atoms with E-state index in [1.807, 2.05) is 0 Å². The second kappa shape index (κ2) is 3.89. The van der Waals surface area contributed by atoms with Crippen molar-refractivity contribution in [2.45, 2.75) is 58.0 Å². The average Bonchev–Trinajstić information content (AvgIpc) is 2.35. The van der Waals surface area contributed by atoms with Crippen LogP contribution in [-0.4, -0.2) is 5.54 Å². The largest absolute Gasteiger partial charge is 0.307 e. The Morgan fingerprint density at radius 3 is 2.56 bits per heavy atom. The molecule has 0 spiro atoms. The van der Waals surface area contributed by atoms with E-state index in [0.29, 0.717) is 0 Å². The molecular weight excluding hydrogens is 194 g/mol. The van der Waals surface area contributed by atoms with Crippen molar-refractivity contribution in [2.24, 2.45) is 0 Å². The third kappa shape index (κ3) is 2.01. The number of rotatable bonds is 1. The van der Waals surface area contributed by atoms with E-state index in [1.54, 1.807) is 0 Å². The average molecular weight is 217 g/mol. The van der Waals surface area contributed by atoms with Gasteiger partial charge in [0.1, 0.15) is 0 Å². The van der Waals surface area contributed by atoms with Gasteiger partial charge in [-0.3, -0.25) is 0 Å². The zero-order valence-electron chi connectivity index (χ0n) is 10.9. The maximum absolute atomic E-state index is 3.72. The molecule has 1 nitrogen and oxygen atoms in total. The van der Waals surface area contributed by atoms with Gasteiger partial charge in [-0.15, -0.1) is 0 Å². The maximum Gasteiger partial charge on any atom is 0.0213 e. The summed E-state index contributed by atoms with van der Waals surface area (Å²) in [6.45, 7) is 10.4. The van der Waals surface area contributed by atoms with E-state index >= 15 is 0 Å². The van der Waals surface area contributed by atoms with Crippen LogP contribution in [-0.2, 0) is 12.0 Å². The van der Waals surface area contributed by atoms with Crippen LogP contribution in [0.25, 0.3) is 0 Å². The monoisotopic (exact) mass is 217 g/mol. The Hall–Kier alpha value is -0.820. The Bertz CT molecular complexity index is 381. The van der Waals surface area contributed by atoms with Gasteiger partial charge in [-0.05, 0) is 36.3 Å². The van der Waals surface area contributed by atoms with Crippen molar-refractivity contribution in [1.29, 1.82) is 0 Å². The summed E-state index contributed by atoms with van der Waals surface area (Å²) in [5.41, 5.74) is 3.51. The van der Waals surface area contributed by atoms with Crippen molar-refractivity contribution >= 4 is 0 Å². The van der Waals surface area contributed by atoms with Gasteiger partial charge < -0.3 is 5.32 Å². The molecule has 1 heterocycles. The summed E-state index contributed by atoms with van der Waals surface area (Å²) in [6, 6.07) is 8.85. The minimum Gasteiger partial charge on any atom is -0.307 e. The quantitative estimate of drug-likeness (QED) is 0.757. The molecule has 1 unspecified atom stereocenters.